The van der Waals surface area contributed by atoms with E-state index in [4.69, 9.17) is 5.73 Å². The summed E-state index contributed by atoms with van der Waals surface area (Å²) in [5, 5.41) is 2.95. The van der Waals surface area contributed by atoms with E-state index in [0.29, 0.717) is 11.8 Å². The summed E-state index contributed by atoms with van der Waals surface area (Å²) in [5.74, 6) is 0.588. The Bertz CT molecular complexity index is 363. The third-order valence-corrected chi connectivity index (χ3v) is 3.16. The third-order valence-electron chi connectivity index (χ3n) is 2.17. The van der Waals surface area contributed by atoms with Gasteiger partial charge in [-0.25, -0.2) is 0 Å². The maximum atomic E-state index is 11.4. The van der Waals surface area contributed by atoms with E-state index in [2.05, 4.69) is 5.32 Å². The molecule has 1 saturated carbocycles. The number of carbonyl (C=O) groups excluding carboxylic acids is 1. The molecule has 0 heterocycles. The summed E-state index contributed by atoms with van der Waals surface area (Å²) < 4.78 is 0. The first kappa shape index (κ1) is 10.4. The Hall–Kier alpha value is -1.16. The van der Waals surface area contributed by atoms with Gasteiger partial charge in [-0.2, -0.15) is 0 Å². The Balaban J connectivity index is 1.78. The van der Waals surface area contributed by atoms with Gasteiger partial charge in [0, 0.05) is 16.6 Å². The second kappa shape index (κ2) is 4.57. The Morgan fingerprint density at radius 2 is 2.33 bits per heavy atom. The predicted octanol–water partition coefficient (Wildman–Crippen LogP) is 1.64. The Kier molecular flexibility index (Phi) is 3.16. The zero-order valence-electron chi connectivity index (χ0n) is 8.40. The van der Waals surface area contributed by atoms with Gasteiger partial charge in [0.25, 0.3) is 0 Å². The number of thioether (sulfide) groups is 1. The normalized spacial score (nSPS) is 14.9. The number of carbonyl (C=O) groups is 1. The van der Waals surface area contributed by atoms with Crippen molar-refractivity contribution in [2.24, 2.45) is 0 Å². The molecule has 4 heteroatoms. The van der Waals surface area contributed by atoms with Crippen molar-refractivity contribution in [2.45, 2.75) is 23.8 Å². The third kappa shape index (κ3) is 3.47. The van der Waals surface area contributed by atoms with Crippen LogP contribution in [0.15, 0.2) is 29.2 Å². The number of nitrogens with one attached hydrogen (secondary N) is 1. The molecule has 80 valence electrons. The molecule has 1 amide bonds. The first-order chi connectivity index (χ1) is 7.24. The van der Waals surface area contributed by atoms with Crippen LogP contribution in [0.25, 0.3) is 0 Å². The molecule has 0 spiro atoms. The molecule has 1 aliphatic rings. The molecule has 0 atom stereocenters. The minimum Gasteiger partial charge on any atom is -0.399 e. The smallest absolute Gasteiger partial charge is 0.230 e. The molecule has 0 aromatic heterocycles. The number of hydrogen-bond acceptors (Lipinski definition) is 3. The molecule has 1 aromatic carbocycles. The van der Waals surface area contributed by atoms with Gasteiger partial charge < -0.3 is 11.1 Å². The summed E-state index contributed by atoms with van der Waals surface area (Å²) in [7, 11) is 0. The van der Waals surface area contributed by atoms with Crippen molar-refractivity contribution >= 4 is 23.4 Å². The van der Waals surface area contributed by atoms with Gasteiger partial charge in [0.15, 0.2) is 0 Å². The topological polar surface area (TPSA) is 55.1 Å². The van der Waals surface area contributed by atoms with E-state index in [9.17, 15) is 4.79 Å². The molecule has 0 unspecified atom stereocenters. The number of rotatable bonds is 4. The SMILES string of the molecule is Nc1cccc(SCC(=O)NC2CC2)c1. The summed E-state index contributed by atoms with van der Waals surface area (Å²) in [6.07, 6.45) is 2.27. The zero-order chi connectivity index (χ0) is 10.7. The fraction of sp³-hybridized carbons (Fsp3) is 0.364. The standard InChI is InChI=1S/C11H14N2OS/c12-8-2-1-3-10(6-8)15-7-11(14)13-9-4-5-9/h1-3,6,9H,4-5,7,12H2,(H,13,14). The van der Waals surface area contributed by atoms with Gasteiger partial charge in [0.1, 0.15) is 0 Å². The molecular formula is C11H14N2OS. The molecule has 0 aliphatic heterocycles. The molecule has 3 nitrogen and oxygen atoms in total. The molecular weight excluding hydrogens is 208 g/mol. The summed E-state index contributed by atoms with van der Waals surface area (Å²) in [6, 6.07) is 8.03. The number of benzene rings is 1. The highest BCUT2D eigenvalue weighted by molar-refractivity contribution is 8.00. The van der Waals surface area contributed by atoms with Crippen LogP contribution in [0, 0.1) is 0 Å². The Morgan fingerprint density at radius 1 is 1.53 bits per heavy atom. The highest BCUT2D eigenvalue weighted by Crippen LogP contribution is 2.21. The number of hydrogen-bond donors (Lipinski definition) is 2. The van der Waals surface area contributed by atoms with Crippen molar-refractivity contribution in [3.8, 4) is 0 Å². The molecule has 0 bridgehead atoms. The van der Waals surface area contributed by atoms with Crippen LogP contribution in [0.2, 0.25) is 0 Å². The fourth-order valence-corrected chi connectivity index (χ4v) is 2.03. The van der Waals surface area contributed by atoms with E-state index in [-0.39, 0.29) is 5.91 Å². The summed E-state index contributed by atoms with van der Waals surface area (Å²) in [4.78, 5) is 12.4. The minimum absolute atomic E-state index is 0.116. The second-order valence-electron chi connectivity index (χ2n) is 3.70. The largest absolute Gasteiger partial charge is 0.399 e. The van der Waals surface area contributed by atoms with Crippen molar-refractivity contribution in [2.75, 3.05) is 11.5 Å². The van der Waals surface area contributed by atoms with Crippen LogP contribution in [-0.4, -0.2) is 17.7 Å². The highest BCUT2D eigenvalue weighted by atomic mass is 32.2. The lowest BCUT2D eigenvalue weighted by molar-refractivity contribution is -0.118. The Morgan fingerprint density at radius 3 is 3.00 bits per heavy atom. The van der Waals surface area contributed by atoms with Gasteiger partial charge in [-0.05, 0) is 31.0 Å². The molecule has 1 aromatic rings. The highest BCUT2D eigenvalue weighted by Gasteiger charge is 2.22. The maximum absolute atomic E-state index is 11.4. The first-order valence-electron chi connectivity index (χ1n) is 5.02. The molecule has 0 radical (unpaired) electrons. The lowest BCUT2D eigenvalue weighted by Gasteiger charge is -2.03. The number of amides is 1. The lowest BCUT2D eigenvalue weighted by Crippen LogP contribution is -2.26. The number of nitrogen functional groups attached to an aromatic ring is 1. The van der Waals surface area contributed by atoms with Crippen LogP contribution in [-0.2, 0) is 4.79 Å². The Labute approximate surface area is 93.4 Å². The van der Waals surface area contributed by atoms with Crippen LogP contribution in [0.4, 0.5) is 5.69 Å². The van der Waals surface area contributed by atoms with E-state index < -0.39 is 0 Å². The van der Waals surface area contributed by atoms with Crippen LogP contribution in [0.3, 0.4) is 0 Å². The molecule has 2 rings (SSSR count). The van der Waals surface area contributed by atoms with Crippen molar-refractivity contribution in [1.29, 1.82) is 0 Å². The molecule has 1 fully saturated rings. The van der Waals surface area contributed by atoms with Gasteiger partial charge in [0.2, 0.25) is 5.91 Å². The van der Waals surface area contributed by atoms with Crippen molar-refractivity contribution in [1.82, 2.24) is 5.32 Å². The van der Waals surface area contributed by atoms with Crippen LogP contribution < -0.4 is 11.1 Å². The average Bonchev–Trinajstić information content (AvgIpc) is 2.99. The van der Waals surface area contributed by atoms with E-state index in [1.165, 1.54) is 11.8 Å². The van der Waals surface area contributed by atoms with E-state index in [0.717, 1.165) is 23.4 Å². The van der Waals surface area contributed by atoms with Crippen LogP contribution in [0.5, 0.6) is 0 Å². The molecule has 1 aliphatic carbocycles. The van der Waals surface area contributed by atoms with Crippen molar-refractivity contribution in [3.63, 3.8) is 0 Å². The van der Waals surface area contributed by atoms with Gasteiger partial charge >= 0.3 is 0 Å². The lowest BCUT2D eigenvalue weighted by atomic mass is 10.3. The summed E-state index contributed by atoms with van der Waals surface area (Å²) >= 11 is 1.52. The minimum atomic E-state index is 0.116. The quantitative estimate of drug-likeness (QED) is 0.601. The van der Waals surface area contributed by atoms with Gasteiger partial charge in [-0.3, -0.25) is 4.79 Å². The first-order valence-corrected chi connectivity index (χ1v) is 6.00. The second-order valence-corrected chi connectivity index (χ2v) is 4.75. The fourth-order valence-electron chi connectivity index (χ4n) is 1.25. The summed E-state index contributed by atoms with van der Waals surface area (Å²) in [5.41, 5.74) is 6.38. The van der Waals surface area contributed by atoms with E-state index in [1.807, 2.05) is 24.3 Å². The zero-order valence-corrected chi connectivity index (χ0v) is 9.22. The monoisotopic (exact) mass is 222 g/mol. The number of anilines is 1. The van der Waals surface area contributed by atoms with E-state index in [1.54, 1.807) is 0 Å². The maximum Gasteiger partial charge on any atom is 0.230 e. The summed E-state index contributed by atoms with van der Waals surface area (Å²) in [6.45, 7) is 0. The van der Waals surface area contributed by atoms with Crippen molar-refractivity contribution in [3.05, 3.63) is 24.3 Å². The van der Waals surface area contributed by atoms with E-state index >= 15 is 0 Å². The van der Waals surface area contributed by atoms with Gasteiger partial charge in [-0.1, -0.05) is 6.07 Å². The van der Waals surface area contributed by atoms with Crippen LogP contribution in [0.1, 0.15) is 12.8 Å². The predicted molar refractivity (Wildman–Crippen MR) is 62.7 cm³/mol. The van der Waals surface area contributed by atoms with Crippen molar-refractivity contribution < 1.29 is 4.79 Å². The number of nitrogens with two attached hydrogens (primary N) is 1. The van der Waals surface area contributed by atoms with Gasteiger partial charge in [-0.15, -0.1) is 11.8 Å². The average molecular weight is 222 g/mol. The molecule has 15 heavy (non-hydrogen) atoms. The van der Waals surface area contributed by atoms with Crippen LogP contribution >= 0.6 is 11.8 Å². The molecule has 3 N–H and O–H groups in total. The van der Waals surface area contributed by atoms with Gasteiger partial charge in [0.05, 0.1) is 5.75 Å². The molecule has 0 saturated heterocycles.